The van der Waals surface area contributed by atoms with Crippen LogP contribution in [0.5, 0.6) is 0 Å². The van der Waals surface area contributed by atoms with Crippen LogP contribution < -0.4 is 0 Å². The maximum Gasteiger partial charge on any atom is 0.133 e. The standard InChI is InChI=1S/C22H16I2N2/c23-20-21(24)26(16-25-20)22(17-10-4-1-5-11-17,18-12-6-2-7-13-18)19-14-8-3-9-15-19/h1-16H. The monoisotopic (exact) mass is 562 g/mol. The first kappa shape index (κ1) is 17.7. The molecular formula is C22H16I2N2. The number of rotatable bonds is 4. The van der Waals surface area contributed by atoms with Crippen molar-refractivity contribution in [2.45, 2.75) is 5.54 Å². The molecule has 0 aliphatic heterocycles. The Balaban J connectivity index is 2.16. The quantitative estimate of drug-likeness (QED) is 0.223. The molecule has 0 radical (unpaired) electrons. The molecule has 4 aromatic rings. The van der Waals surface area contributed by atoms with Crippen LogP contribution in [-0.2, 0) is 5.54 Å². The zero-order valence-corrected chi connectivity index (χ0v) is 18.2. The number of aromatic nitrogens is 2. The normalized spacial score (nSPS) is 11.5. The molecule has 0 saturated carbocycles. The van der Waals surface area contributed by atoms with E-state index in [1.165, 1.54) is 16.7 Å². The number of benzene rings is 3. The average Bonchev–Trinajstić information content (AvgIpc) is 3.04. The molecule has 26 heavy (non-hydrogen) atoms. The molecule has 0 spiro atoms. The van der Waals surface area contributed by atoms with Gasteiger partial charge in [0.15, 0.2) is 0 Å². The fourth-order valence-electron chi connectivity index (χ4n) is 3.50. The largest absolute Gasteiger partial charge is 0.306 e. The Hall–Kier alpha value is -1.67. The minimum absolute atomic E-state index is 0.475. The molecule has 0 amide bonds. The molecule has 4 rings (SSSR count). The molecule has 1 aromatic heterocycles. The minimum atomic E-state index is -0.475. The smallest absolute Gasteiger partial charge is 0.133 e. The Morgan fingerprint density at radius 3 is 1.31 bits per heavy atom. The second-order valence-corrected chi connectivity index (χ2v) is 8.05. The highest BCUT2D eigenvalue weighted by Crippen LogP contribution is 2.42. The van der Waals surface area contributed by atoms with Crippen molar-refractivity contribution in [3.8, 4) is 0 Å². The van der Waals surface area contributed by atoms with E-state index in [0.29, 0.717) is 0 Å². The lowest BCUT2D eigenvalue weighted by Crippen LogP contribution is -2.38. The Labute approximate surface area is 180 Å². The van der Waals surface area contributed by atoms with E-state index in [1.54, 1.807) is 0 Å². The van der Waals surface area contributed by atoms with Gasteiger partial charge in [0.25, 0.3) is 0 Å². The number of hydrogen-bond acceptors (Lipinski definition) is 1. The third-order valence-electron chi connectivity index (χ3n) is 4.60. The molecular weight excluding hydrogens is 546 g/mol. The maximum absolute atomic E-state index is 4.60. The summed E-state index contributed by atoms with van der Waals surface area (Å²) in [4.78, 5) is 4.60. The van der Waals surface area contributed by atoms with Crippen LogP contribution in [0.2, 0.25) is 0 Å². The van der Waals surface area contributed by atoms with Crippen molar-refractivity contribution in [2.75, 3.05) is 0 Å². The molecule has 3 aromatic carbocycles. The van der Waals surface area contributed by atoms with Gasteiger partial charge in [0.2, 0.25) is 0 Å². The number of imidazole rings is 1. The zero-order chi connectivity index (χ0) is 18.0. The molecule has 0 unspecified atom stereocenters. The SMILES string of the molecule is Ic1ncn(C(c2ccccc2)(c2ccccc2)c2ccccc2)c1I. The second kappa shape index (κ2) is 7.52. The van der Waals surface area contributed by atoms with Gasteiger partial charge in [-0.15, -0.1) is 0 Å². The van der Waals surface area contributed by atoms with Gasteiger partial charge >= 0.3 is 0 Å². The third kappa shape index (κ3) is 2.89. The van der Waals surface area contributed by atoms with Gasteiger partial charge in [-0.1, -0.05) is 91.0 Å². The first-order chi connectivity index (χ1) is 12.7. The van der Waals surface area contributed by atoms with Gasteiger partial charge in [-0.05, 0) is 61.9 Å². The Bertz CT molecular complexity index is 900. The van der Waals surface area contributed by atoms with Gasteiger partial charge in [0, 0.05) is 0 Å². The van der Waals surface area contributed by atoms with Crippen LogP contribution in [0.25, 0.3) is 0 Å². The lowest BCUT2D eigenvalue weighted by atomic mass is 9.77. The topological polar surface area (TPSA) is 17.8 Å². The van der Waals surface area contributed by atoms with E-state index in [2.05, 4.69) is 146 Å². The third-order valence-corrected chi connectivity index (χ3v) is 7.46. The summed E-state index contributed by atoms with van der Waals surface area (Å²) in [5, 5.41) is 0. The van der Waals surface area contributed by atoms with Crippen LogP contribution in [-0.4, -0.2) is 9.55 Å². The highest BCUT2D eigenvalue weighted by molar-refractivity contribution is 14.1. The highest BCUT2D eigenvalue weighted by atomic mass is 127. The molecule has 128 valence electrons. The molecule has 0 saturated heterocycles. The molecule has 2 nitrogen and oxygen atoms in total. The van der Waals surface area contributed by atoms with Crippen molar-refractivity contribution < 1.29 is 0 Å². The second-order valence-electron chi connectivity index (χ2n) is 6.00. The Morgan fingerprint density at radius 2 is 1.00 bits per heavy atom. The van der Waals surface area contributed by atoms with E-state index >= 15 is 0 Å². The Morgan fingerprint density at radius 1 is 0.615 bits per heavy atom. The molecule has 0 fully saturated rings. The van der Waals surface area contributed by atoms with Crippen molar-refractivity contribution in [3.05, 3.63) is 121 Å². The van der Waals surface area contributed by atoms with Crippen molar-refractivity contribution in [2.24, 2.45) is 0 Å². The van der Waals surface area contributed by atoms with Crippen LogP contribution in [0.4, 0.5) is 0 Å². The van der Waals surface area contributed by atoms with E-state index in [1.807, 2.05) is 6.33 Å². The number of nitrogens with zero attached hydrogens (tertiary/aromatic N) is 2. The highest BCUT2D eigenvalue weighted by Gasteiger charge is 2.39. The minimum Gasteiger partial charge on any atom is -0.306 e. The molecule has 0 aliphatic carbocycles. The summed E-state index contributed by atoms with van der Waals surface area (Å²) in [6.45, 7) is 0. The summed E-state index contributed by atoms with van der Waals surface area (Å²) >= 11 is 4.70. The molecule has 0 aliphatic rings. The van der Waals surface area contributed by atoms with Crippen LogP contribution in [0, 0.1) is 7.40 Å². The van der Waals surface area contributed by atoms with Crippen LogP contribution >= 0.6 is 45.2 Å². The summed E-state index contributed by atoms with van der Waals surface area (Å²) in [5.74, 6) is 0. The first-order valence-electron chi connectivity index (χ1n) is 8.30. The van der Waals surface area contributed by atoms with Crippen molar-refractivity contribution in [1.82, 2.24) is 9.55 Å². The van der Waals surface area contributed by atoms with Gasteiger partial charge in [0.1, 0.15) is 12.9 Å². The van der Waals surface area contributed by atoms with E-state index in [0.717, 1.165) is 7.40 Å². The van der Waals surface area contributed by atoms with E-state index in [4.69, 9.17) is 0 Å². The van der Waals surface area contributed by atoms with Crippen molar-refractivity contribution >= 4 is 45.2 Å². The molecule has 0 atom stereocenters. The number of hydrogen-bond donors (Lipinski definition) is 0. The average molecular weight is 562 g/mol. The Kier molecular flexibility index (Phi) is 5.13. The van der Waals surface area contributed by atoms with Gasteiger partial charge in [-0.2, -0.15) is 0 Å². The van der Waals surface area contributed by atoms with Crippen molar-refractivity contribution in [3.63, 3.8) is 0 Å². The predicted octanol–water partition coefficient (Wildman–Crippen LogP) is 5.93. The predicted molar refractivity (Wildman–Crippen MR) is 122 cm³/mol. The summed E-state index contributed by atoms with van der Waals surface area (Å²) in [7, 11) is 0. The van der Waals surface area contributed by atoms with E-state index < -0.39 is 5.54 Å². The summed E-state index contributed by atoms with van der Waals surface area (Å²) in [6.07, 6.45) is 1.95. The maximum atomic E-state index is 4.60. The molecule has 0 bridgehead atoms. The summed E-state index contributed by atoms with van der Waals surface area (Å²) < 4.78 is 4.42. The zero-order valence-electron chi connectivity index (χ0n) is 13.9. The lowest BCUT2D eigenvalue weighted by Gasteiger charge is -2.38. The van der Waals surface area contributed by atoms with Crippen LogP contribution in [0.15, 0.2) is 97.3 Å². The van der Waals surface area contributed by atoms with E-state index in [9.17, 15) is 0 Å². The summed E-state index contributed by atoms with van der Waals surface area (Å²) in [5.41, 5.74) is 3.16. The van der Waals surface area contributed by atoms with Crippen LogP contribution in [0.3, 0.4) is 0 Å². The summed E-state index contributed by atoms with van der Waals surface area (Å²) in [6, 6.07) is 32.0. The van der Waals surface area contributed by atoms with Gasteiger partial charge in [-0.3, -0.25) is 0 Å². The molecule has 0 N–H and O–H groups in total. The fraction of sp³-hybridized carbons (Fsp3) is 0.0455. The van der Waals surface area contributed by atoms with Gasteiger partial charge in [0.05, 0.1) is 6.33 Å². The van der Waals surface area contributed by atoms with Crippen LogP contribution in [0.1, 0.15) is 16.7 Å². The van der Waals surface area contributed by atoms with Gasteiger partial charge < -0.3 is 4.57 Å². The molecule has 1 heterocycles. The van der Waals surface area contributed by atoms with E-state index in [-0.39, 0.29) is 0 Å². The fourth-order valence-corrected chi connectivity index (χ4v) is 4.51. The molecule has 4 heteroatoms. The lowest BCUT2D eigenvalue weighted by molar-refractivity contribution is 0.504. The number of halogens is 2. The van der Waals surface area contributed by atoms with Crippen molar-refractivity contribution in [1.29, 1.82) is 0 Å². The first-order valence-corrected chi connectivity index (χ1v) is 10.5. The van der Waals surface area contributed by atoms with Gasteiger partial charge in [-0.25, -0.2) is 4.98 Å².